The first-order chi connectivity index (χ1) is 10.7. The van der Waals surface area contributed by atoms with Gasteiger partial charge < -0.3 is 19.8 Å². The van der Waals surface area contributed by atoms with Gasteiger partial charge in [0.15, 0.2) is 0 Å². The average molecular weight is 303 g/mol. The minimum absolute atomic E-state index is 0.190. The van der Waals surface area contributed by atoms with E-state index in [1.807, 2.05) is 26.0 Å². The van der Waals surface area contributed by atoms with Crippen molar-refractivity contribution < 1.29 is 9.47 Å². The molecular formula is C17H25N3O2. The largest absolute Gasteiger partial charge is 0.494 e. The van der Waals surface area contributed by atoms with E-state index in [4.69, 9.17) is 9.47 Å². The number of piperidine rings is 1. The maximum absolute atomic E-state index is 5.86. The molecule has 1 aromatic rings. The summed E-state index contributed by atoms with van der Waals surface area (Å²) in [5.41, 5.74) is 5.79. The summed E-state index contributed by atoms with van der Waals surface area (Å²) < 4.78 is 11.5. The number of nitrogens with zero attached hydrogens (tertiary/aromatic N) is 2. The van der Waals surface area contributed by atoms with E-state index in [1.165, 1.54) is 11.3 Å². The number of hydrogen-bond donors (Lipinski definition) is 1. The van der Waals surface area contributed by atoms with Gasteiger partial charge in [0.25, 0.3) is 0 Å². The Balaban J connectivity index is 1.87. The third-order valence-corrected chi connectivity index (χ3v) is 4.37. The fraction of sp³-hybridized carbons (Fsp3) is 0.588. The highest BCUT2D eigenvalue weighted by molar-refractivity contribution is 5.90. The molecular weight excluding hydrogens is 278 g/mol. The van der Waals surface area contributed by atoms with E-state index < -0.39 is 0 Å². The zero-order chi connectivity index (χ0) is 15.5. The standard InChI is InChI=1S/C17H25N3O2/c1-4-21-12-6-7-13(16(10-12)22-5-2)17-14-11-20(3)9-8-15(14)18-19-17/h6-7,10,14,17,19H,4-5,8-9,11H2,1-3H3. The molecule has 2 aliphatic heterocycles. The smallest absolute Gasteiger partial charge is 0.128 e. The SMILES string of the molecule is CCOc1ccc(C2NN=C3CCN(C)CC32)c(OCC)c1. The van der Waals surface area contributed by atoms with Gasteiger partial charge in [0.05, 0.1) is 19.3 Å². The van der Waals surface area contributed by atoms with Crippen molar-refractivity contribution in [1.29, 1.82) is 0 Å². The van der Waals surface area contributed by atoms with E-state index in [1.54, 1.807) is 0 Å². The van der Waals surface area contributed by atoms with E-state index in [0.29, 0.717) is 19.1 Å². The summed E-state index contributed by atoms with van der Waals surface area (Å²) in [6.45, 7) is 7.43. The number of hydrazone groups is 1. The molecule has 2 unspecified atom stereocenters. The maximum atomic E-state index is 5.86. The predicted molar refractivity (Wildman–Crippen MR) is 87.7 cm³/mol. The Hall–Kier alpha value is -1.75. The first-order valence-corrected chi connectivity index (χ1v) is 8.13. The molecule has 3 rings (SSSR count). The van der Waals surface area contributed by atoms with E-state index in [2.05, 4.69) is 28.5 Å². The molecule has 1 aromatic carbocycles. The van der Waals surface area contributed by atoms with Crippen LogP contribution in [0, 0.1) is 5.92 Å². The Bertz CT molecular complexity index is 559. The molecule has 22 heavy (non-hydrogen) atoms. The Labute approximate surface area is 132 Å². The van der Waals surface area contributed by atoms with E-state index in [-0.39, 0.29) is 6.04 Å². The summed E-state index contributed by atoms with van der Waals surface area (Å²) in [5, 5.41) is 4.56. The molecule has 0 amide bonds. The van der Waals surface area contributed by atoms with Gasteiger partial charge in [-0.3, -0.25) is 0 Å². The predicted octanol–water partition coefficient (Wildman–Crippen LogP) is 2.44. The van der Waals surface area contributed by atoms with Gasteiger partial charge in [-0.25, -0.2) is 0 Å². The van der Waals surface area contributed by atoms with Gasteiger partial charge in [0.2, 0.25) is 0 Å². The van der Waals surface area contributed by atoms with Crippen molar-refractivity contribution in [3.05, 3.63) is 23.8 Å². The van der Waals surface area contributed by atoms with Gasteiger partial charge in [-0.15, -0.1) is 0 Å². The minimum atomic E-state index is 0.190. The molecule has 120 valence electrons. The molecule has 1 N–H and O–H groups in total. The molecule has 2 aliphatic rings. The molecule has 1 saturated heterocycles. The lowest BCUT2D eigenvalue weighted by molar-refractivity contribution is 0.267. The Kier molecular flexibility index (Phi) is 4.52. The van der Waals surface area contributed by atoms with Crippen LogP contribution in [0.4, 0.5) is 0 Å². The second kappa shape index (κ2) is 6.57. The number of ether oxygens (including phenoxy) is 2. The van der Waals surface area contributed by atoms with Crippen LogP contribution in [0.1, 0.15) is 31.9 Å². The van der Waals surface area contributed by atoms with Gasteiger partial charge in [0.1, 0.15) is 11.5 Å². The van der Waals surface area contributed by atoms with Crippen LogP contribution in [-0.4, -0.2) is 44.0 Å². The van der Waals surface area contributed by atoms with Gasteiger partial charge >= 0.3 is 0 Å². The lowest BCUT2D eigenvalue weighted by Crippen LogP contribution is -2.39. The molecule has 2 atom stereocenters. The van der Waals surface area contributed by atoms with Crippen LogP contribution >= 0.6 is 0 Å². The first-order valence-electron chi connectivity index (χ1n) is 8.13. The van der Waals surface area contributed by atoms with Crippen LogP contribution in [0.15, 0.2) is 23.3 Å². The van der Waals surface area contributed by atoms with Crippen LogP contribution in [0.25, 0.3) is 0 Å². The molecule has 0 bridgehead atoms. The zero-order valence-corrected chi connectivity index (χ0v) is 13.6. The van der Waals surface area contributed by atoms with Crippen LogP contribution in [0.2, 0.25) is 0 Å². The zero-order valence-electron chi connectivity index (χ0n) is 13.6. The van der Waals surface area contributed by atoms with Crippen molar-refractivity contribution in [2.24, 2.45) is 11.0 Å². The average Bonchev–Trinajstić information content (AvgIpc) is 2.91. The highest BCUT2D eigenvalue weighted by atomic mass is 16.5. The van der Waals surface area contributed by atoms with Gasteiger partial charge in [-0.05, 0) is 33.0 Å². The van der Waals surface area contributed by atoms with Crippen LogP contribution in [0.3, 0.4) is 0 Å². The second-order valence-corrected chi connectivity index (χ2v) is 5.89. The number of benzene rings is 1. The summed E-state index contributed by atoms with van der Waals surface area (Å²) in [6, 6.07) is 6.32. The normalized spacial score (nSPS) is 24.4. The van der Waals surface area contributed by atoms with Crippen LogP contribution in [0.5, 0.6) is 11.5 Å². The van der Waals surface area contributed by atoms with Crippen LogP contribution in [-0.2, 0) is 0 Å². The third-order valence-electron chi connectivity index (χ3n) is 4.37. The Morgan fingerprint density at radius 3 is 2.86 bits per heavy atom. The van der Waals surface area contributed by atoms with Crippen molar-refractivity contribution in [3.8, 4) is 11.5 Å². The topological polar surface area (TPSA) is 46.1 Å². The maximum Gasteiger partial charge on any atom is 0.128 e. The van der Waals surface area contributed by atoms with E-state index >= 15 is 0 Å². The van der Waals surface area contributed by atoms with Crippen molar-refractivity contribution in [2.45, 2.75) is 26.3 Å². The number of nitrogens with one attached hydrogen (secondary N) is 1. The van der Waals surface area contributed by atoms with Gasteiger partial charge in [-0.2, -0.15) is 5.10 Å². The molecule has 5 nitrogen and oxygen atoms in total. The minimum Gasteiger partial charge on any atom is -0.494 e. The molecule has 2 heterocycles. The van der Waals surface area contributed by atoms with E-state index in [9.17, 15) is 0 Å². The summed E-state index contributed by atoms with van der Waals surface area (Å²) in [5.74, 6) is 2.18. The molecule has 0 spiro atoms. The quantitative estimate of drug-likeness (QED) is 0.907. The van der Waals surface area contributed by atoms with Crippen molar-refractivity contribution >= 4 is 5.71 Å². The fourth-order valence-corrected chi connectivity index (χ4v) is 3.30. The lowest BCUT2D eigenvalue weighted by atomic mass is 9.86. The highest BCUT2D eigenvalue weighted by Crippen LogP contribution is 2.38. The molecule has 0 radical (unpaired) electrons. The number of rotatable bonds is 5. The number of hydrogen-bond acceptors (Lipinski definition) is 5. The summed E-state index contributed by atoms with van der Waals surface area (Å²) in [4.78, 5) is 2.37. The lowest BCUT2D eigenvalue weighted by Gasteiger charge is -2.31. The highest BCUT2D eigenvalue weighted by Gasteiger charge is 2.37. The number of likely N-dealkylation sites (tertiary alicyclic amines) is 1. The van der Waals surface area contributed by atoms with E-state index in [0.717, 1.165) is 31.0 Å². The summed E-state index contributed by atoms with van der Waals surface area (Å²) in [6.07, 6.45) is 1.05. The Morgan fingerprint density at radius 1 is 1.27 bits per heavy atom. The van der Waals surface area contributed by atoms with Crippen molar-refractivity contribution in [1.82, 2.24) is 10.3 Å². The molecule has 0 saturated carbocycles. The first kappa shape index (κ1) is 15.2. The second-order valence-electron chi connectivity index (χ2n) is 5.89. The van der Waals surface area contributed by atoms with Gasteiger partial charge in [0, 0.05) is 42.8 Å². The molecule has 0 aliphatic carbocycles. The summed E-state index contributed by atoms with van der Waals surface area (Å²) >= 11 is 0. The monoisotopic (exact) mass is 303 g/mol. The Morgan fingerprint density at radius 2 is 2.09 bits per heavy atom. The van der Waals surface area contributed by atoms with Gasteiger partial charge in [-0.1, -0.05) is 0 Å². The van der Waals surface area contributed by atoms with Crippen molar-refractivity contribution in [2.75, 3.05) is 33.4 Å². The molecule has 0 aromatic heterocycles. The summed E-state index contributed by atoms with van der Waals surface area (Å²) in [7, 11) is 2.17. The third kappa shape index (κ3) is 2.90. The molecule has 1 fully saturated rings. The molecule has 5 heteroatoms. The van der Waals surface area contributed by atoms with Crippen molar-refractivity contribution in [3.63, 3.8) is 0 Å². The number of fused-ring (bicyclic) bond motifs is 1. The fourth-order valence-electron chi connectivity index (χ4n) is 3.30. The van der Waals surface area contributed by atoms with Crippen LogP contribution < -0.4 is 14.9 Å².